The van der Waals surface area contributed by atoms with E-state index in [2.05, 4.69) is 25.1 Å². The molecule has 0 amide bonds. The number of rotatable bonds is 3. The maximum Gasteiger partial charge on any atom is 0.343 e. The zero-order valence-electron chi connectivity index (χ0n) is 13.3. The molecule has 3 aromatic rings. The van der Waals surface area contributed by atoms with Crippen LogP contribution in [0.15, 0.2) is 29.3 Å². The molecule has 1 saturated heterocycles. The van der Waals surface area contributed by atoms with Gasteiger partial charge in [-0.05, 0) is 37.8 Å². The summed E-state index contributed by atoms with van der Waals surface area (Å²) < 4.78 is 3.46. The smallest absolute Gasteiger partial charge is 0.343 e. The molecular weight excluding hydrogens is 306 g/mol. The highest BCUT2D eigenvalue weighted by molar-refractivity contribution is 5.46. The van der Waals surface area contributed by atoms with Crippen molar-refractivity contribution < 1.29 is 0 Å². The van der Waals surface area contributed by atoms with Crippen LogP contribution in [-0.4, -0.2) is 42.5 Å². The number of fused-ring (bicyclic) bond motifs is 1. The fraction of sp³-hybridized carbons (Fsp3) is 0.500. The minimum absolute atomic E-state index is 0.0617. The molecular formula is C16H19N7O. The quantitative estimate of drug-likeness (QED) is 0.785. The van der Waals surface area contributed by atoms with Crippen molar-refractivity contribution in [2.24, 2.45) is 0 Å². The lowest BCUT2D eigenvalue weighted by molar-refractivity contribution is 0.355. The van der Waals surface area contributed by atoms with Gasteiger partial charge in [0.25, 0.3) is 0 Å². The van der Waals surface area contributed by atoms with Gasteiger partial charge in [0.1, 0.15) is 11.6 Å². The highest BCUT2D eigenvalue weighted by atomic mass is 16.2. The Morgan fingerprint density at radius 1 is 1.08 bits per heavy atom. The maximum atomic E-state index is 12.1. The first kappa shape index (κ1) is 13.8. The second-order valence-electron chi connectivity index (χ2n) is 6.67. The Kier molecular flexibility index (Phi) is 2.97. The molecule has 8 heteroatoms. The number of aromatic nitrogens is 6. The minimum atomic E-state index is -0.0617. The fourth-order valence-corrected chi connectivity index (χ4v) is 3.45. The maximum absolute atomic E-state index is 12.1. The SMILES string of the molecule is O=c1[nH]c(C2CC2)nn1C1CCN(c2ccc3nccn3n2)CC1. The predicted molar refractivity (Wildman–Crippen MR) is 88.3 cm³/mol. The van der Waals surface area contributed by atoms with Crippen molar-refractivity contribution in [3.05, 3.63) is 40.8 Å². The van der Waals surface area contributed by atoms with Gasteiger partial charge in [0.05, 0.1) is 6.04 Å². The summed E-state index contributed by atoms with van der Waals surface area (Å²) in [7, 11) is 0. The molecule has 2 aliphatic rings. The van der Waals surface area contributed by atoms with E-state index in [4.69, 9.17) is 0 Å². The molecule has 0 spiro atoms. The highest BCUT2D eigenvalue weighted by Crippen LogP contribution is 2.37. The average Bonchev–Trinajstić information content (AvgIpc) is 3.23. The van der Waals surface area contributed by atoms with E-state index >= 15 is 0 Å². The number of anilines is 1. The van der Waals surface area contributed by atoms with Crippen LogP contribution in [0.5, 0.6) is 0 Å². The molecule has 1 aliphatic heterocycles. The van der Waals surface area contributed by atoms with Crippen molar-refractivity contribution in [3.8, 4) is 0 Å². The first-order chi connectivity index (χ1) is 11.8. The molecule has 124 valence electrons. The molecule has 3 aromatic heterocycles. The predicted octanol–water partition coefficient (Wildman–Crippen LogP) is 1.33. The molecule has 8 nitrogen and oxygen atoms in total. The Hall–Kier alpha value is -2.64. The Labute approximate surface area is 138 Å². The van der Waals surface area contributed by atoms with Crippen LogP contribution in [0.1, 0.15) is 43.5 Å². The molecule has 1 aliphatic carbocycles. The number of aromatic amines is 1. The third-order valence-electron chi connectivity index (χ3n) is 5.00. The van der Waals surface area contributed by atoms with Crippen LogP contribution in [-0.2, 0) is 0 Å². The lowest BCUT2D eigenvalue weighted by Crippen LogP contribution is -2.38. The molecule has 1 N–H and O–H groups in total. The first-order valence-corrected chi connectivity index (χ1v) is 8.52. The summed E-state index contributed by atoms with van der Waals surface area (Å²) >= 11 is 0. The molecule has 2 fully saturated rings. The molecule has 0 radical (unpaired) electrons. The minimum Gasteiger partial charge on any atom is -0.355 e. The van der Waals surface area contributed by atoms with E-state index in [0.29, 0.717) is 5.92 Å². The second kappa shape index (κ2) is 5.19. The lowest BCUT2D eigenvalue weighted by Gasteiger charge is -2.32. The van der Waals surface area contributed by atoms with Crippen LogP contribution in [0.2, 0.25) is 0 Å². The monoisotopic (exact) mass is 325 g/mol. The van der Waals surface area contributed by atoms with E-state index in [1.54, 1.807) is 15.4 Å². The number of H-pyrrole nitrogens is 1. The van der Waals surface area contributed by atoms with Crippen LogP contribution in [0, 0.1) is 0 Å². The van der Waals surface area contributed by atoms with Gasteiger partial charge in [-0.1, -0.05) is 0 Å². The number of imidazole rings is 1. The number of nitrogens with zero attached hydrogens (tertiary/aromatic N) is 6. The summed E-state index contributed by atoms with van der Waals surface area (Å²) in [4.78, 5) is 21.6. The van der Waals surface area contributed by atoms with Gasteiger partial charge in [0.15, 0.2) is 5.65 Å². The Morgan fingerprint density at radius 3 is 2.71 bits per heavy atom. The topological polar surface area (TPSA) is 84.1 Å². The van der Waals surface area contributed by atoms with Gasteiger partial charge in [0.2, 0.25) is 0 Å². The van der Waals surface area contributed by atoms with E-state index in [1.807, 2.05) is 18.3 Å². The Morgan fingerprint density at radius 2 is 1.92 bits per heavy atom. The van der Waals surface area contributed by atoms with Crippen molar-refractivity contribution in [2.45, 2.75) is 37.6 Å². The molecule has 4 heterocycles. The van der Waals surface area contributed by atoms with Crippen molar-refractivity contribution in [1.29, 1.82) is 0 Å². The van der Waals surface area contributed by atoms with Crippen LogP contribution >= 0.6 is 0 Å². The van der Waals surface area contributed by atoms with Crippen LogP contribution < -0.4 is 10.6 Å². The molecule has 0 unspecified atom stereocenters. The zero-order valence-corrected chi connectivity index (χ0v) is 13.3. The Bertz CT molecular complexity index is 927. The van der Waals surface area contributed by atoms with Crippen molar-refractivity contribution in [3.63, 3.8) is 0 Å². The molecule has 0 atom stereocenters. The molecule has 5 rings (SSSR count). The summed E-state index contributed by atoms with van der Waals surface area (Å²) in [5, 5.41) is 9.13. The average molecular weight is 325 g/mol. The van der Waals surface area contributed by atoms with Crippen molar-refractivity contribution in [1.82, 2.24) is 29.4 Å². The normalized spacial score (nSPS) is 19.2. The third-order valence-corrected chi connectivity index (χ3v) is 5.00. The van der Waals surface area contributed by atoms with Crippen LogP contribution in [0.4, 0.5) is 5.82 Å². The van der Waals surface area contributed by atoms with E-state index in [1.165, 1.54) is 0 Å². The van der Waals surface area contributed by atoms with Crippen molar-refractivity contribution >= 4 is 11.5 Å². The summed E-state index contributed by atoms with van der Waals surface area (Å²) in [5.41, 5.74) is 0.789. The zero-order chi connectivity index (χ0) is 16.1. The van der Waals surface area contributed by atoms with Gasteiger partial charge < -0.3 is 4.90 Å². The van der Waals surface area contributed by atoms with Crippen LogP contribution in [0.3, 0.4) is 0 Å². The van der Waals surface area contributed by atoms with Gasteiger partial charge in [-0.3, -0.25) is 4.98 Å². The van der Waals surface area contributed by atoms with E-state index in [9.17, 15) is 4.79 Å². The highest BCUT2D eigenvalue weighted by Gasteiger charge is 2.30. The number of hydrogen-bond donors (Lipinski definition) is 1. The van der Waals surface area contributed by atoms with Gasteiger partial charge in [-0.2, -0.15) is 5.10 Å². The van der Waals surface area contributed by atoms with Gasteiger partial charge in [-0.15, -0.1) is 5.10 Å². The number of hydrogen-bond acceptors (Lipinski definition) is 5. The standard InChI is InChI=1S/C16H19N7O/c24-16-18-15(11-1-2-11)20-23(16)12-5-8-21(9-6-12)14-4-3-13-17-7-10-22(13)19-14/h3-4,7,10-12H,1-2,5-6,8-9H2,(H,18,20,24). The molecule has 0 bridgehead atoms. The van der Waals surface area contributed by atoms with Gasteiger partial charge in [-0.25, -0.2) is 19.0 Å². The summed E-state index contributed by atoms with van der Waals surface area (Å²) in [6.45, 7) is 1.74. The van der Waals surface area contributed by atoms with E-state index < -0.39 is 0 Å². The molecule has 0 aromatic carbocycles. The van der Waals surface area contributed by atoms with Crippen molar-refractivity contribution in [2.75, 3.05) is 18.0 Å². The largest absolute Gasteiger partial charge is 0.355 e. The summed E-state index contributed by atoms with van der Waals surface area (Å²) in [5.74, 6) is 2.30. The summed E-state index contributed by atoms with van der Waals surface area (Å²) in [6, 6.07) is 4.16. The first-order valence-electron chi connectivity index (χ1n) is 8.52. The van der Waals surface area contributed by atoms with E-state index in [0.717, 1.165) is 56.1 Å². The van der Waals surface area contributed by atoms with Gasteiger partial charge in [0, 0.05) is 31.4 Å². The number of nitrogens with one attached hydrogen (secondary N) is 1. The van der Waals surface area contributed by atoms with Gasteiger partial charge >= 0.3 is 5.69 Å². The fourth-order valence-electron chi connectivity index (χ4n) is 3.45. The summed E-state index contributed by atoms with van der Waals surface area (Å²) in [6.07, 6.45) is 7.70. The molecule has 24 heavy (non-hydrogen) atoms. The van der Waals surface area contributed by atoms with E-state index in [-0.39, 0.29) is 11.7 Å². The Balaban J connectivity index is 1.32. The van der Waals surface area contributed by atoms with Crippen LogP contribution in [0.25, 0.3) is 5.65 Å². The molecule has 1 saturated carbocycles. The third kappa shape index (κ3) is 2.29. The lowest BCUT2D eigenvalue weighted by atomic mass is 10.1. The second-order valence-corrected chi connectivity index (χ2v) is 6.67. The number of piperidine rings is 1.